The molecular weight excluding hydrogens is 260 g/mol. The molecule has 118 valence electrons. The molecule has 1 aromatic rings. The monoisotopic (exact) mass is 290 g/mol. The fraction of sp³-hybridized carbons (Fsp3) is 0.824. The third-order valence-electron chi connectivity index (χ3n) is 5.21. The number of hydrogen-bond donors (Lipinski definition) is 1. The van der Waals surface area contributed by atoms with Gasteiger partial charge in [0.25, 0.3) is 0 Å². The van der Waals surface area contributed by atoms with Crippen molar-refractivity contribution in [3.63, 3.8) is 0 Å². The van der Waals surface area contributed by atoms with Crippen LogP contribution < -0.4 is 5.32 Å². The normalized spacial score (nSPS) is 25.9. The Hall–Kier alpha value is -0.870. The average molecular weight is 290 g/mol. The van der Waals surface area contributed by atoms with Crippen LogP contribution in [-0.2, 0) is 13.5 Å². The van der Waals surface area contributed by atoms with Crippen molar-refractivity contribution in [1.82, 2.24) is 20.0 Å². The van der Waals surface area contributed by atoms with Gasteiger partial charge in [0.15, 0.2) is 0 Å². The molecule has 4 heteroatoms. The van der Waals surface area contributed by atoms with Gasteiger partial charge in [-0.05, 0) is 50.3 Å². The largest absolute Gasteiger partial charge is 0.312 e. The Morgan fingerprint density at radius 1 is 1.24 bits per heavy atom. The van der Waals surface area contributed by atoms with E-state index in [1.807, 2.05) is 17.9 Å². The number of nitrogens with one attached hydrogen (secondary N) is 1. The van der Waals surface area contributed by atoms with Gasteiger partial charge in [-0.3, -0.25) is 4.68 Å². The van der Waals surface area contributed by atoms with Gasteiger partial charge in [0.1, 0.15) is 0 Å². The summed E-state index contributed by atoms with van der Waals surface area (Å²) in [5.74, 6) is 0.915. The second-order valence-corrected chi connectivity index (χ2v) is 6.89. The molecule has 3 rings (SSSR count). The first-order chi connectivity index (χ1) is 10.3. The minimum Gasteiger partial charge on any atom is -0.312 e. The SMILES string of the molecule is Cn1cc(CCN2CCCNC(C3CCCCC3)C2)cn1. The highest BCUT2D eigenvalue weighted by atomic mass is 15.2. The van der Waals surface area contributed by atoms with E-state index in [9.17, 15) is 0 Å². The molecule has 0 bridgehead atoms. The maximum Gasteiger partial charge on any atom is 0.0522 e. The Morgan fingerprint density at radius 3 is 2.86 bits per heavy atom. The van der Waals surface area contributed by atoms with Gasteiger partial charge in [0.2, 0.25) is 0 Å². The molecule has 0 aromatic carbocycles. The van der Waals surface area contributed by atoms with Crippen LogP contribution in [0.4, 0.5) is 0 Å². The molecule has 1 saturated carbocycles. The van der Waals surface area contributed by atoms with Gasteiger partial charge in [-0.25, -0.2) is 0 Å². The molecule has 0 spiro atoms. The highest BCUT2D eigenvalue weighted by Gasteiger charge is 2.26. The lowest BCUT2D eigenvalue weighted by Crippen LogP contribution is -2.44. The summed E-state index contributed by atoms with van der Waals surface area (Å²) in [5.41, 5.74) is 1.36. The maximum atomic E-state index is 4.27. The van der Waals surface area contributed by atoms with Gasteiger partial charge < -0.3 is 10.2 Å². The van der Waals surface area contributed by atoms with E-state index < -0.39 is 0 Å². The standard InChI is InChI=1S/C17H30N4/c1-20-13-15(12-19-20)8-11-21-10-5-9-18-17(14-21)16-6-3-2-4-7-16/h12-13,16-18H,2-11,14H2,1H3. The van der Waals surface area contributed by atoms with Crippen molar-refractivity contribution in [1.29, 1.82) is 0 Å². The van der Waals surface area contributed by atoms with Gasteiger partial charge in [0, 0.05) is 32.4 Å². The first-order valence-corrected chi connectivity index (χ1v) is 8.74. The Kier molecular flexibility index (Phi) is 5.31. The van der Waals surface area contributed by atoms with Gasteiger partial charge in [0.05, 0.1) is 6.20 Å². The van der Waals surface area contributed by atoms with Crippen LogP contribution in [0.15, 0.2) is 12.4 Å². The Bertz CT molecular complexity index is 422. The summed E-state index contributed by atoms with van der Waals surface area (Å²) >= 11 is 0. The fourth-order valence-electron chi connectivity index (χ4n) is 3.97. The first kappa shape index (κ1) is 15.0. The van der Waals surface area contributed by atoms with Gasteiger partial charge in [-0.2, -0.15) is 5.10 Å². The predicted molar refractivity (Wildman–Crippen MR) is 86.3 cm³/mol. The molecule has 1 unspecified atom stereocenters. The van der Waals surface area contributed by atoms with E-state index in [1.165, 1.54) is 70.3 Å². The van der Waals surface area contributed by atoms with Crippen LogP contribution in [0, 0.1) is 5.92 Å². The molecule has 1 atom stereocenters. The number of aryl methyl sites for hydroxylation is 1. The van der Waals surface area contributed by atoms with Crippen LogP contribution >= 0.6 is 0 Å². The highest BCUT2D eigenvalue weighted by Crippen LogP contribution is 2.27. The van der Waals surface area contributed by atoms with Crippen LogP contribution in [0.3, 0.4) is 0 Å². The molecule has 1 N–H and O–H groups in total. The Labute approximate surface area is 128 Å². The summed E-state index contributed by atoms with van der Waals surface area (Å²) in [6.45, 7) is 4.86. The molecule has 1 saturated heterocycles. The van der Waals surface area contributed by atoms with Crippen molar-refractivity contribution >= 4 is 0 Å². The lowest BCUT2D eigenvalue weighted by molar-refractivity contribution is 0.207. The second kappa shape index (κ2) is 7.41. The summed E-state index contributed by atoms with van der Waals surface area (Å²) in [6, 6.07) is 0.724. The molecule has 21 heavy (non-hydrogen) atoms. The van der Waals surface area contributed by atoms with E-state index >= 15 is 0 Å². The number of rotatable bonds is 4. The van der Waals surface area contributed by atoms with Crippen LogP contribution in [0.5, 0.6) is 0 Å². The van der Waals surface area contributed by atoms with Crippen molar-refractivity contribution < 1.29 is 0 Å². The predicted octanol–water partition coefficient (Wildman–Crippen LogP) is 2.21. The second-order valence-electron chi connectivity index (χ2n) is 6.89. The molecule has 1 aliphatic carbocycles. The maximum absolute atomic E-state index is 4.27. The van der Waals surface area contributed by atoms with E-state index in [2.05, 4.69) is 21.5 Å². The van der Waals surface area contributed by atoms with Crippen LogP contribution in [0.2, 0.25) is 0 Å². The smallest absolute Gasteiger partial charge is 0.0522 e. The highest BCUT2D eigenvalue weighted by molar-refractivity contribution is 5.04. The molecular formula is C17H30N4. The van der Waals surface area contributed by atoms with Crippen molar-refractivity contribution in [2.45, 2.75) is 51.0 Å². The zero-order valence-corrected chi connectivity index (χ0v) is 13.4. The van der Waals surface area contributed by atoms with Gasteiger partial charge in [-0.15, -0.1) is 0 Å². The minimum atomic E-state index is 0.724. The van der Waals surface area contributed by atoms with Crippen molar-refractivity contribution in [2.24, 2.45) is 13.0 Å². The molecule has 2 aliphatic rings. The zero-order chi connectivity index (χ0) is 14.5. The lowest BCUT2D eigenvalue weighted by atomic mass is 9.83. The summed E-state index contributed by atoms with van der Waals surface area (Å²) in [5, 5.41) is 8.10. The molecule has 0 amide bonds. The third-order valence-corrected chi connectivity index (χ3v) is 5.21. The average Bonchev–Trinajstić information content (AvgIpc) is 2.79. The molecule has 2 heterocycles. The molecule has 0 radical (unpaired) electrons. The van der Waals surface area contributed by atoms with E-state index in [-0.39, 0.29) is 0 Å². The van der Waals surface area contributed by atoms with Crippen molar-refractivity contribution in [2.75, 3.05) is 26.2 Å². The zero-order valence-electron chi connectivity index (χ0n) is 13.4. The van der Waals surface area contributed by atoms with E-state index in [0.29, 0.717) is 0 Å². The summed E-state index contributed by atoms with van der Waals surface area (Å²) in [6.07, 6.45) is 13.8. The van der Waals surface area contributed by atoms with E-state index in [1.54, 1.807) is 0 Å². The summed E-state index contributed by atoms with van der Waals surface area (Å²) in [7, 11) is 2.00. The summed E-state index contributed by atoms with van der Waals surface area (Å²) < 4.78 is 1.91. The van der Waals surface area contributed by atoms with Crippen LogP contribution in [-0.4, -0.2) is 46.9 Å². The number of aromatic nitrogens is 2. The molecule has 2 fully saturated rings. The third kappa shape index (κ3) is 4.30. The van der Waals surface area contributed by atoms with Crippen molar-refractivity contribution in [3.05, 3.63) is 18.0 Å². The van der Waals surface area contributed by atoms with Crippen molar-refractivity contribution in [3.8, 4) is 0 Å². The minimum absolute atomic E-state index is 0.724. The number of nitrogens with zero attached hydrogens (tertiary/aromatic N) is 3. The lowest BCUT2D eigenvalue weighted by Gasteiger charge is -2.32. The van der Waals surface area contributed by atoms with E-state index in [4.69, 9.17) is 0 Å². The van der Waals surface area contributed by atoms with E-state index in [0.717, 1.165) is 18.4 Å². The van der Waals surface area contributed by atoms with Crippen LogP contribution in [0.1, 0.15) is 44.1 Å². The Morgan fingerprint density at radius 2 is 2.10 bits per heavy atom. The number of hydrogen-bond acceptors (Lipinski definition) is 3. The van der Waals surface area contributed by atoms with Crippen LogP contribution in [0.25, 0.3) is 0 Å². The quantitative estimate of drug-likeness (QED) is 0.923. The molecule has 4 nitrogen and oxygen atoms in total. The van der Waals surface area contributed by atoms with Gasteiger partial charge in [-0.1, -0.05) is 19.3 Å². The topological polar surface area (TPSA) is 33.1 Å². The summed E-state index contributed by atoms with van der Waals surface area (Å²) in [4.78, 5) is 2.67. The fourth-order valence-corrected chi connectivity index (χ4v) is 3.97. The Balaban J connectivity index is 1.51. The first-order valence-electron chi connectivity index (χ1n) is 8.74. The molecule has 1 aromatic heterocycles. The molecule has 1 aliphatic heterocycles. The van der Waals surface area contributed by atoms with Gasteiger partial charge >= 0.3 is 0 Å².